The Morgan fingerprint density at radius 1 is 1.46 bits per heavy atom. The lowest BCUT2D eigenvalue weighted by atomic mass is 10.2. The Hall–Kier alpha value is -0.930. The second-order valence-electron chi connectivity index (χ2n) is 2.88. The molecule has 0 radical (unpaired) electrons. The molecule has 0 aromatic heterocycles. The standard InChI is InChI=1S/C9H10ClNO2/c10-6-1-2-8-9(3-6)13-7(4-11)5-12-8/h1-3,7H,4-5,11H2. The van der Waals surface area contributed by atoms with Crippen LogP contribution in [-0.4, -0.2) is 19.3 Å². The number of nitrogens with two attached hydrogens (primary N) is 1. The summed E-state index contributed by atoms with van der Waals surface area (Å²) >= 11 is 5.80. The molecule has 1 heterocycles. The number of hydrogen-bond donors (Lipinski definition) is 1. The molecule has 0 saturated heterocycles. The van der Waals surface area contributed by atoms with Crippen molar-refractivity contribution in [2.24, 2.45) is 5.73 Å². The fourth-order valence-corrected chi connectivity index (χ4v) is 1.37. The maximum absolute atomic E-state index is 5.80. The van der Waals surface area contributed by atoms with Gasteiger partial charge in [-0.15, -0.1) is 0 Å². The fraction of sp³-hybridized carbons (Fsp3) is 0.333. The minimum absolute atomic E-state index is 0.0639. The van der Waals surface area contributed by atoms with E-state index in [2.05, 4.69) is 0 Å². The van der Waals surface area contributed by atoms with Crippen LogP contribution in [0.5, 0.6) is 11.5 Å². The largest absolute Gasteiger partial charge is 0.486 e. The minimum Gasteiger partial charge on any atom is -0.486 e. The zero-order valence-electron chi connectivity index (χ0n) is 7.00. The summed E-state index contributed by atoms with van der Waals surface area (Å²) in [7, 11) is 0. The normalized spacial score (nSPS) is 20.0. The van der Waals surface area contributed by atoms with Crippen molar-refractivity contribution in [3.8, 4) is 11.5 Å². The molecule has 1 aromatic carbocycles. The zero-order valence-corrected chi connectivity index (χ0v) is 7.75. The van der Waals surface area contributed by atoms with Crippen LogP contribution in [0.1, 0.15) is 0 Å². The lowest BCUT2D eigenvalue weighted by Crippen LogP contribution is -2.35. The molecule has 4 heteroatoms. The molecule has 0 saturated carbocycles. The maximum atomic E-state index is 5.80. The SMILES string of the molecule is NCC1COc2ccc(Cl)cc2O1. The number of fused-ring (bicyclic) bond motifs is 1. The van der Waals surface area contributed by atoms with Crippen molar-refractivity contribution in [3.05, 3.63) is 23.2 Å². The molecule has 70 valence electrons. The molecular formula is C9H10ClNO2. The number of ether oxygens (including phenoxy) is 2. The third kappa shape index (κ3) is 1.71. The molecule has 0 bridgehead atoms. The molecule has 0 aliphatic carbocycles. The smallest absolute Gasteiger partial charge is 0.163 e. The highest BCUT2D eigenvalue weighted by molar-refractivity contribution is 6.30. The number of rotatable bonds is 1. The van der Waals surface area contributed by atoms with Gasteiger partial charge in [0.2, 0.25) is 0 Å². The lowest BCUT2D eigenvalue weighted by molar-refractivity contribution is 0.0969. The second-order valence-corrected chi connectivity index (χ2v) is 3.31. The molecular weight excluding hydrogens is 190 g/mol. The van der Waals surface area contributed by atoms with Crippen LogP contribution in [0.15, 0.2) is 18.2 Å². The van der Waals surface area contributed by atoms with E-state index in [0.717, 1.165) is 5.75 Å². The predicted molar refractivity (Wildman–Crippen MR) is 50.4 cm³/mol. The van der Waals surface area contributed by atoms with Gasteiger partial charge in [0.15, 0.2) is 11.5 Å². The summed E-state index contributed by atoms with van der Waals surface area (Å²) in [5.41, 5.74) is 5.46. The van der Waals surface area contributed by atoms with Gasteiger partial charge in [0.05, 0.1) is 0 Å². The summed E-state index contributed by atoms with van der Waals surface area (Å²) in [6, 6.07) is 5.30. The molecule has 13 heavy (non-hydrogen) atoms. The first-order valence-electron chi connectivity index (χ1n) is 4.08. The second kappa shape index (κ2) is 3.44. The highest BCUT2D eigenvalue weighted by atomic mass is 35.5. The molecule has 2 N–H and O–H groups in total. The Morgan fingerprint density at radius 2 is 2.31 bits per heavy atom. The van der Waals surface area contributed by atoms with Gasteiger partial charge >= 0.3 is 0 Å². The molecule has 0 amide bonds. The van der Waals surface area contributed by atoms with E-state index in [9.17, 15) is 0 Å². The van der Waals surface area contributed by atoms with Gasteiger partial charge in [0.1, 0.15) is 12.7 Å². The number of halogens is 1. The van der Waals surface area contributed by atoms with Crippen molar-refractivity contribution in [1.29, 1.82) is 0 Å². The highest BCUT2D eigenvalue weighted by Crippen LogP contribution is 2.33. The van der Waals surface area contributed by atoms with Crippen LogP contribution in [0.3, 0.4) is 0 Å². The Labute approximate surface area is 81.4 Å². The van der Waals surface area contributed by atoms with Gasteiger partial charge in [-0.3, -0.25) is 0 Å². The average molecular weight is 200 g/mol. The van der Waals surface area contributed by atoms with Gasteiger partial charge in [0, 0.05) is 17.6 Å². The highest BCUT2D eigenvalue weighted by Gasteiger charge is 2.19. The maximum Gasteiger partial charge on any atom is 0.163 e. The van der Waals surface area contributed by atoms with Gasteiger partial charge in [-0.05, 0) is 12.1 Å². The zero-order chi connectivity index (χ0) is 9.26. The number of benzene rings is 1. The fourth-order valence-electron chi connectivity index (χ4n) is 1.21. The van der Waals surface area contributed by atoms with E-state index in [1.807, 2.05) is 0 Å². The summed E-state index contributed by atoms with van der Waals surface area (Å²) in [6.45, 7) is 0.955. The molecule has 0 fully saturated rings. The van der Waals surface area contributed by atoms with Crippen molar-refractivity contribution in [1.82, 2.24) is 0 Å². The van der Waals surface area contributed by atoms with Crippen LogP contribution < -0.4 is 15.2 Å². The third-order valence-electron chi connectivity index (χ3n) is 1.89. The third-order valence-corrected chi connectivity index (χ3v) is 2.12. The van der Waals surface area contributed by atoms with Gasteiger partial charge in [0.25, 0.3) is 0 Å². The van der Waals surface area contributed by atoms with Gasteiger partial charge in [-0.1, -0.05) is 11.6 Å². The van der Waals surface area contributed by atoms with Crippen LogP contribution in [0.2, 0.25) is 5.02 Å². The molecule has 0 spiro atoms. The molecule has 1 aliphatic heterocycles. The van der Waals surface area contributed by atoms with E-state index >= 15 is 0 Å². The van der Waals surface area contributed by atoms with E-state index in [1.165, 1.54) is 0 Å². The van der Waals surface area contributed by atoms with Crippen LogP contribution >= 0.6 is 11.6 Å². The summed E-state index contributed by atoms with van der Waals surface area (Å²) in [6.07, 6.45) is -0.0639. The monoisotopic (exact) mass is 199 g/mol. The van der Waals surface area contributed by atoms with Gasteiger partial charge in [-0.2, -0.15) is 0 Å². The first kappa shape index (κ1) is 8.66. The quantitative estimate of drug-likeness (QED) is 0.745. The molecule has 1 aliphatic rings. The van der Waals surface area contributed by atoms with Crippen molar-refractivity contribution in [2.75, 3.05) is 13.2 Å². The van der Waals surface area contributed by atoms with Crippen LogP contribution in [0.4, 0.5) is 0 Å². The minimum atomic E-state index is -0.0639. The average Bonchev–Trinajstić information content (AvgIpc) is 2.16. The molecule has 1 unspecified atom stereocenters. The number of hydrogen-bond acceptors (Lipinski definition) is 3. The predicted octanol–water partition coefficient (Wildman–Crippen LogP) is 1.44. The first-order chi connectivity index (χ1) is 6.29. The van der Waals surface area contributed by atoms with E-state index in [4.69, 9.17) is 26.8 Å². The van der Waals surface area contributed by atoms with E-state index in [-0.39, 0.29) is 6.10 Å². The lowest BCUT2D eigenvalue weighted by Gasteiger charge is -2.25. The first-order valence-corrected chi connectivity index (χ1v) is 4.46. The van der Waals surface area contributed by atoms with Gasteiger partial charge < -0.3 is 15.2 Å². The molecule has 2 rings (SSSR count). The van der Waals surface area contributed by atoms with Crippen molar-refractivity contribution < 1.29 is 9.47 Å². The van der Waals surface area contributed by atoms with Crippen molar-refractivity contribution >= 4 is 11.6 Å². The van der Waals surface area contributed by atoms with E-state index < -0.39 is 0 Å². The van der Waals surface area contributed by atoms with Crippen molar-refractivity contribution in [2.45, 2.75) is 6.10 Å². The topological polar surface area (TPSA) is 44.5 Å². The Kier molecular flexibility index (Phi) is 2.29. The van der Waals surface area contributed by atoms with Crippen molar-refractivity contribution in [3.63, 3.8) is 0 Å². The summed E-state index contributed by atoms with van der Waals surface area (Å²) in [5.74, 6) is 1.41. The van der Waals surface area contributed by atoms with E-state index in [1.54, 1.807) is 18.2 Å². The summed E-state index contributed by atoms with van der Waals surface area (Å²) in [5, 5.41) is 0.639. The van der Waals surface area contributed by atoms with Crippen LogP contribution in [0.25, 0.3) is 0 Å². The van der Waals surface area contributed by atoms with Gasteiger partial charge in [-0.25, -0.2) is 0 Å². The molecule has 1 aromatic rings. The summed E-state index contributed by atoms with van der Waals surface area (Å²) in [4.78, 5) is 0. The Balaban J connectivity index is 2.27. The van der Waals surface area contributed by atoms with Crippen LogP contribution in [0, 0.1) is 0 Å². The molecule has 1 atom stereocenters. The Morgan fingerprint density at radius 3 is 3.08 bits per heavy atom. The van der Waals surface area contributed by atoms with Crippen LogP contribution in [-0.2, 0) is 0 Å². The summed E-state index contributed by atoms with van der Waals surface area (Å²) < 4.78 is 10.9. The molecule has 3 nitrogen and oxygen atoms in total. The van der Waals surface area contributed by atoms with E-state index in [0.29, 0.717) is 23.9 Å². The Bertz CT molecular complexity index is 316.